The Balaban J connectivity index is 2.19. The van der Waals surface area contributed by atoms with Gasteiger partial charge in [0.05, 0.1) is 16.0 Å². The quantitative estimate of drug-likeness (QED) is 0.843. The molecule has 0 saturated heterocycles. The minimum Gasteiger partial charge on any atom is -0.375 e. The molecule has 0 fully saturated rings. The molecular formula is C9H7F3N2S2. The molecule has 0 saturated carbocycles. The maximum atomic E-state index is 12.0. The molecule has 0 aliphatic carbocycles. The summed E-state index contributed by atoms with van der Waals surface area (Å²) in [6.45, 7) is 0. The van der Waals surface area contributed by atoms with Crippen LogP contribution in [-0.2, 0) is 0 Å². The zero-order chi connectivity index (χ0) is 11.8. The van der Waals surface area contributed by atoms with Crippen LogP contribution < -0.4 is 5.73 Å². The van der Waals surface area contributed by atoms with E-state index in [9.17, 15) is 13.2 Å². The lowest BCUT2D eigenvalue weighted by Gasteiger charge is -2.05. The summed E-state index contributed by atoms with van der Waals surface area (Å²) in [4.78, 5) is 4.61. The van der Waals surface area contributed by atoms with Gasteiger partial charge in [-0.1, -0.05) is 11.3 Å². The highest BCUT2D eigenvalue weighted by molar-refractivity contribution is 7.99. The Morgan fingerprint density at radius 2 is 2.12 bits per heavy atom. The standard InChI is InChI=1S/C9H7F3N2S2/c10-9(11,12)4-15-5-1-2-6-7(3-5)16-8(13)14-6/h1-3H,4H2,(H2,13,14). The van der Waals surface area contributed by atoms with Crippen LogP contribution in [0.15, 0.2) is 23.1 Å². The van der Waals surface area contributed by atoms with Crippen LogP contribution in [0.25, 0.3) is 10.2 Å². The largest absolute Gasteiger partial charge is 0.398 e. The van der Waals surface area contributed by atoms with Gasteiger partial charge in [-0.15, -0.1) is 11.8 Å². The highest BCUT2D eigenvalue weighted by Crippen LogP contribution is 2.31. The van der Waals surface area contributed by atoms with Gasteiger partial charge in [-0.05, 0) is 18.2 Å². The van der Waals surface area contributed by atoms with E-state index in [2.05, 4.69) is 4.98 Å². The molecule has 0 radical (unpaired) electrons. The van der Waals surface area contributed by atoms with Gasteiger partial charge in [-0.3, -0.25) is 0 Å². The predicted molar refractivity (Wildman–Crippen MR) is 60.8 cm³/mol. The van der Waals surface area contributed by atoms with E-state index in [0.29, 0.717) is 10.0 Å². The van der Waals surface area contributed by atoms with Crippen molar-refractivity contribution in [3.8, 4) is 0 Å². The van der Waals surface area contributed by atoms with Gasteiger partial charge >= 0.3 is 6.18 Å². The Morgan fingerprint density at radius 1 is 1.38 bits per heavy atom. The fourth-order valence-electron chi connectivity index (χ4n) is 1.18. The number of thiazole rings is 1. The number of rotatable bonds is 2. The summed E-state index contributed by atoms with van der Waals surface area (Å²) in [7, 11) is 0. The molecule has 86 valence electrons. The zero-order valence-corrected chi connectivity index (χ0v) is 9.55. The zero-order valence-electron chi connectivity index (χ0n) is 7.91. The van der Waals surface area contributed by atoms with Crippen LogP contribution in [-0.4, -0.2) is 16.9 Å². The Morgan fingerprint density at radius 3 is 2.81 bits per heavy atom. The van der Waals surface area contributed by atoms with Crippen molar-refractivity contribution in [3.63, 3.8) is 0 Å². The number of anilines is 1. The number of nitrogens with zero attached hydrogens (tertiary/aromatic N) is 1. The van der Waals surface area contributed by atoms with Gasteiger partial charge in [0, 0.05) is 4.90 Å². The van der Waals surface area contributed by atoms with Crippen LogP contribution in [0.2, 0.25) is 0 Å². The van der Waals surface area contributed by atoms with Crippen LogP contribution >= 0.6 is 23.1 Å². The Kier molecular flexibility index (Phi) is 2.98. The van der Waals surface area contributed by atoms with Gasteiger partial charge in [0.1, 0.15) is 0 Å². The van der Waals surface area contributed by atoms with Crippen molar-refractivity contribution in [2.75, 3.05) is 11.5 Å². The average molecular weight is 264 g/mol. The first-order chi connectivity index (χ1) is 7.44. The summed E-state index contributed by atoms with van der Waals surface area (Å²) in [5.74, 6) is -0.882. The molecule has 0 aliphatic rings. The summed E-state index contributed by atoms with van der Waals surface area (Å²) < 4.78 is 36.8. The number of thioether (sulfide) groups is 1. The second kappa shape index (κ2) is 4.14. The highest BCUT2D eigenvalue weighted by atomic mass is 32.2. The molecule has 0 atom stereocenters. The number of nitrogens with two attached hydrogens (primary N) is 1. The minimum atomic E-state index is -4.15. The Hall–Kier alpha value is -0.950. The van der Waals surface area contributed by atoms with Gasteiger partial charge in [-0.2, -0.15) is 13.2 Å². The smallest absolute Gasteiger partial charge is 0.375 e. The lowest BCUT2D eigenvalue weighted by Crippen LogP contribution is -2.10. The molecule has 2 nitrogen and oxygen atoms in total. The molecule has 16 heavy (non-hydrogen) atoms. The van der Waals surface area contributed by atoms with Gasteiger partial charge in [-0.25, -0.2) is 4.98 Å². The van der Waals surface area contributed by atoms with E-state index < -0.39 is 11.9 Å². The number of nitrogen functional groups attached to an aromatic ring is 1. The molecule has 0 unspecified atom stereocenters. The first-order valence-corrected chi connectivity index (χ1v) is 6.10. The van der Waals surface area contributed by atoms with Crippen molar-refractivity contribution in [2.45, 2.75) is 11.1 Å². The first kappa shape index (κ1) is 11.5. The molecule has 1 aromatic heterocycles. The normalized spacial score (nSPS) is 12.2. The van der Waals surface area contributed by atoms with Crippen molar-refractivity contribution in [1.29, 1.82) is 0 Å². The molecule has 0 bridgehead atoms. The second-order valence-corrected chi connectivity index (χ2v) is 5.20. The molecule has 0 spiro atoms. The number of alkyl halides is 3. The third-order valence-corrected chi connectivity index (χ3v) is 3.69. The van der Waals surface area contributed by atoms with Crippen LogP contribution in [0, 0.1) is 0 Å². The third kappa shape index (κ3) is 2.79. The molecule has 2 aromatic rings. The van der Waals surface area contributed by atoms with Crippen molar-refractivity contribution < 1.29 is 13.2 Å². The first-order valence-electron chi connectivity index (χ1n) is 4.30. The molecule has 7 heteroatoms. The van der Waals surface area contributed by atoms with Crippen molar-refractivity contribution in [2.24, 2.45) is 0 Å². The predicted octanol–water partition coefficient (Wildman–Crippen LogP) is 3.53. The Labute approximate surface area is 97.7 Å². The SMILES string of the molecule is Nc1nc2ccc(SCC(F)(F)F)cc2s1. The number of benzene rings is 1. The molecule has 1 aromatic carbocycles. The van der Waals surface area contributed by atoms with Crippen LogP contribution in [0.1, 0.15) is 0 Å². The number of fused-ring (bicyclic) bond motifs is 1. The molecule has 0 amide bonds. The van der Waals surface area contributed by atoms with E-state index in [1.807, 2.05) is 0 Å². The monoisotopic (exact) mass is 264 g/mol. The minimum absolute atomic E-state index is 0.424. The molecule has 2 N–H and O–H groups in total. The number of halogens is 3. The van der Waals surface area contributed by atoms with E-state index in [1.165, 1.54) is 11.3 Å². The van der Waals surface area contributed by atoms with Gasteiger partial charge in [0.25, 0.3) is 0 Å². The fourth-order valence-corrected chi connectivity index (χ4v) is 2.72. The summed E-state index contributed by atoms with van der Waals surface area (Å²) >= 11 is 2.04. The van der Waals surface area contributed by atoms with E-state index in [4.69, 9.17) is 5.73 Å². The lowest BCUT2D eigenvalue weighted by molar-refractivity contribution is -0.105. The van der Waals surface area contributed by atoms with Crippen molar-refractivity contribution >= 4 is 38.4 Å². The van der Waals surface area contributed by atoms with Crippen molar-refractivity contribution in [3.05, 3.63) is 18.2 Å². The van der Waals surface area contributed by atoms with E-state index >= 15 is 0 Å². The highest BCUT2D eigenvalue weighted by Gasteiger charge is 2.27. The Bertz CT molecular complexity index is 507. The van der Waals surface area contributed by atoms with Gasteiger partial charge in [0.15, 0.2) is 5.13 Å². The second-order valence-electron chi connectivity index (χ2n) is 3.09. The molecule has 1 heterocycles. The van der Waals surface area contributed by atoms with Gasteiger partial charge < -0.3 is 5.73 Å². The van der Waals surface area contributed by atoms with Gasteiger partial charge in [0.2, 0.25) is 0 Å². The maximum Gasteiger partial charge on any atom is 0.398 e. The summed E-state index contributed by atoms with van der Waals surface area (Å²) in [5, 5.41) is 0.424. The molecular weight excluding hydrogens is 257 g/mol. The van der Waals surface area contributed by atoms with E-state index in [1.54, 1.807) is 18.2 Å². The lowest BCUT2D eigenvalue weighted by atomic mass is 10.3. The number of hydrogen-bond acceptors (Lipinski definition) is 4. The summed E-state index contributed by atoms with van der Waals surface area (Å²) in [6.07, 6.45) is -4.15. The fraction of sp³-hybridized carbons (Fsp3) is 0.222. The molecule has 0 aliphatic heterocycles. The van der Waals surface area contributed by atoms with E-state index in [0.717, 1.165) is 22.0 Å². The van der Waals surface area contributed by atoms with Crippen molar-refractivity contribution in [1.82, 2.24) is 4.98 Å². The third-order valence-electron chi connectivity index (χ3n) is 1.78. The number of hydrogen-bond donors (Lipinski definition) is 1. The van der Waals surface area contributed by atoms with Crippen LogP contribution in [0.4, 0.5) is 18.3 Å². The van der Waals surface area contributed by atoms with Crippen LogP contribution in [0.5, 0.6) is 0 Å². The van der Waals surface area contributed by atoms with E-state index in [-0.39, 0.29) is 0 Å². The summed E-state index contributed by atoms with van der Waals surface area (Å²) in [6, 6.07) is 4.98. The maximum absolute atomic E-state index is 12.0. The topological polar surface area (TPSA) is 38.9 Å². The average Bonchev–Trinajstić information content (AvgIpc) is 2.52. The summed E-state index contributed by atoms with van der Waals surface area (Å²) in [5.41, 5.74) is 6.23. The number of aromatic nitrogens is 1. The van der Waals surface area contributed by atoms with Crippen LogP contribution in [0.3, 0.4) is 0 Å². The molecule has 2 rings (SSSR count).